The first-order valence-electron chi connectivity index (χ1n) is 4.12. The Morgan fingerprint density at radius 3 is 2.73 bits per heavy atom. The first kappa shape index (κ1) is 10.2. The summed E-state index contributed by atoms with van der Waals surface area (Å²) in [6, 6.07) is 0. The van der Waals surface area contributed by atoms with E-state index in [4.69, 9.17) is 11.6 Å². The van der Waals surface area contributed by atoms with Gasteiger partial charge in [-0.05, 0) is 6.92 Å². The Balaban J connectivity index is 2.90. The highest BCUT2D eigenvalue weighted by molar-refractivity contribution is 6.30. The van der Waals surface area contributed by atoms with Gasteiger partial charge in [0.2, 0.25) is 5.82 Å². The van der Waals surface area contributed by atoms with Crippen LogP contribution in [0.25, 0.3) is 5.65 Å². The first-order valence-corrected chi connectivity index (χ1v) is 4.50. The second kappa shape index (κ2) is 3.34. The van der Waals surface area contributed by atoms with Crippen LogP contribution in [0.1, 0.15) is 5.69 Å². The summed E-state index contributed by atoms with van der Waals surface area (Å²) in [4.78, 5) is 3.87. The molecule has 6 heteroatoms. The fraction of sp³-hybridized carbons (Fsp3) is 0.222. The van der Waals surface area contributed by atoms with Crippen LogP contribution in [0.3, 0.4) is 0 Å². The molecule has 0 unspecified atom stereocenters. The summed E-state index contributed by atoms with van der Waals surface area (Å²) < 4.78 is 32.6. The zero-order chi connectivity index (χ0) is 11.2. The molecule has 2 aromatic rings. The molecule has 0 amide bonds. The number of ether oxygens (including phenoxy) is 1. The van der Waals surface area contributed by atoms with Crippen molar-refractivity contribution in [3.05, 3.63) is 28.7 Å². The van der Waals surface area contributed by atoms with Crippen LogP contribution < -0.4 is 4.74 Å². The van der Waals surface area contributed by atoms with Gasteiger partial charge in [0.15, 0.2) is 17.2 Å². The second-order valence-corrected chi connectivity index (χ2v) is 3.36. The van der Waals surface area contributed by atoms with Crippen LogP contribution in [0.2, 0.25) is 5.15 Å². The molecular formula is C9H7ClF2N2O. The minimum absolute atomic E-state index is 0.0456. The second-order valence-electron chi connectivity index (χ2n) is 3.01. The minimum atomic E-state index is -0.854. The number of methoxy groups -OCH3 is 1. The van der Waals surface area contributed by atoms with Gasteiger partial charge >= 0.3 is 0 Å². The molecule has 0 bridgehead atoms. The summed E-state index contributed by atoms with van der Waals surface area (Å²) in [5.41, 5.74) is 0.388. The van der Waals surface area contributed by atoms with Crippen molar-refractivity contribution in [2.45, 2.75) is 6.92 Å². The van der Waals surface area contributed by atoms with Crippen molar-refractivity contribution in [2.75, 3.05) is 7.11 Å². The Bertz CT molecular complexity index is 539. The molecule has 15 heavy (non-hydrogen) atoms. The SMILES string of the molecule is COc1c(F)cn2c(Cl)c(C)nc2c1F. The highest BCUT2D eigenvalue weighted by Crippen LogP contribution is 2.27. The summed E-state index contributed by atoms with van der Waals surface area (Å²) in [5.74, 6) is -2.13. The number of hydrogen-bond acceptors (Lipinski definition) is 2. The summed E-state index contributed by atoms with van der Waals surface area (Å²) in [5, 5.41) is 0.186. The fourth-order valence-electron chi connectivity index (χ4n) is 1.36. The zero-order valence-electron chi connectivity index (χ0n) is 8.01. The predicted octanol–water partition coefficient (Wildman–Crippen LogP) is 2.58. The Labute approximate surface area is 89.2 Å². The summed E-state index contributed by atoms with van der Waals surface area (Å²) in [6.45, 7) is 1.61. The Hall–Kier alpha value is -1.36. The van der Waals surface area contributed by atoms with Gasteiger partial charge in [0.05, 0.1) is 19.0 Å². The molecule has 0 saturated heterocycles. The number of halogens is 3. The van der Waals surface area contributed by atoms with E-state index in [1.807, 2.05) is 0 Å². The van der Waals surface area contributed by atoms with Gasteiger partial charge in [0.1, 0.15) is 5.15 Å². The lowest BCUT2D eigenvalue weighted by Gasteiger charge is -2.04. The predicted molar refractivity (Wildman–Crippen MR) is 51.4 cm³/mol. The van der Waals surface area contributed by atoms with Crippen LogP contribution in [0.5, 0.6) is 5.75 Å². The summed E-state index contributed by atoms with van der Waals surface area (Å²) in [7, 11) is 1.19. The number of nitrogens with zero attached hydrogens (tertiary/aromatic N) is 2. The van der Waals surface area contributed by atoms with Gasteiger partial charge in [-0.3, -0.25) is 4.40 Å². The van der Waals surface area contributed by atoms with E-state index in [2.05, 4.69) is 9.72 Å². The molecule has 0 spiro atoms. The van der Waals surface area contributed by atoms with Crippen molar-refractivity contribution in [1.82, 2.24) is 9.38 Å². The molecule has 80 valence electrons. The van der Waals surface area contributed by atoms with Gasteiger partial charge < -0.3 is 4.74 Å². The third-order valence-electron chi connectivity index (χ3n) is 2.07. The van der Waals surface area contributed by atoms with Gasteiger partial charge in [-0.15, -0.1) is 0 Å². The van der Waals surface area contributed by atoms with E-state index >= 15 is 0 Å². The van der Waals surface area contributed by atoms with E-state index in [9.17, 15) is 8.78 Å². The largest absolute Gasteiger partial charge is 0.491 e. The van der Waals surface area contributed by atoms with E-state index < -0.39 is 17.4 Å². The van der Waals surface area contributed by atoms with Gasteiger partial charge in [0, 0.05) is 0 Å². The number of aromatic nitrogens is 2. The molecule has 0 radical (unpaired) electrons. The molecular weight excluding hydrogens is 226 g/mol. The van der Waals surface area contributed by atoms with Gasteiger partial charge in [-0.2, -0.15) is 4.39 Å². The summed E-state index contributed by atoms with van der Waals surface area (Å²) in [6.07, 6.45) is 1.04. The third kappa shape index (κ3) is 1.34. The normalized spacial score (nSPS) is 11.0. The van der Waals surface area contributed by atoms with Crippen LogP contribution in [0.15, 0.2) is 6.20 Å². The lowest BCUT2D eigenvalue weighted by molar-refractivity contribution is 0.359. The van der Waals surface area contributed by atoms with Crippen molar-refractivity contribution in [2.24, 2.45) is 0 Å². The highest BCUT2D eigenvalue weighted by Gasteiger charge is 2.18. The number of aryl methyl sites for hydroxylation is 1. The molecule has 0 fully saturated rings. The van der Waals surface area contributed by atoms with E-state index in [-0.39, 0.29) is 10.8 Å². The van der Waals surface area contributed by atoms with Gasteiger partial charge in [-0.25, -0.2) is 9.37 Å². The zero-order valence-corrected chi connectivity index (χ0v) is 8.77. The monoisotopic (exact) mass is 232 g/mol. The van der Waals surface area contributed by atoms with E-state index in [1.165, 1.54) is 7.11 Å². The molecule has 0 aliphatic rings. The highest BCUT2D eigenvalue weighted by atomic mass is 35.5. The average Bonchev–Trinajstić information content (AvgIpc) is 2.46. The number of rotatable bonds is 1. The smallest absolute Gasteiger partial charge is 0.211 e. The Kier molecular flexibility index (Phi) is 2.26. The fourth-order valence-corrected chi connectivity index (χ4v) is 1.54. The number of imidazole rings is 1. The lowest BCUT2D eigenvalue weighted by atomic mass is 10.4. The van der Waals surface area contributed by atoms with Crippen molar-refractivity contribution < 1.29 is 13.5 Å². The van der Waals surface area contributed by atoms with Gasteiger partial charge in [-0.1, -0.05) is 11.6 Å². The lowest BCUT2D eigenvalue weighted by Crippen LogP contribution is -1.98. The first-order chi connectivity index (χ1) is 7.06. The maximum Gasteiger partial charge on any atom is 0.211 e. The molecule has 0 atom stereocenters. The molecule has 2 rings (SSSR count). The average molecular weight is 233 g/mol. The van der Waals surface area contributed by atoms with Crippen molar-refractivity contribution in [1.29, 1.82) is 0 Å². The third-order valence-corrected chi connectivity index (χ3v) is 2.53. The van der Waals surface area contributed by atoms with Gasteiger partial charge in [0.25, 0.3) is 0 Å². The van der Waals surface area contributed by atoms with Crippen LogP contribution in [-0.2, 0) is 0 Å². The Morgan fingerprint density at radius 2 is 2.13 bits per heavy atom. The molecule has 0 aliphatic heterocycles. The van der Waals surface area contributed by atoms with Crippen molar-refractivity contribution >= 4 is 17.2 Å². The topological polar surface area (TPSA) is 26.5 Å². The van der Waals surface area contributed by atoms with Crippen molar-refractivity contribution in [3.63, 3.8) is 0 Å². The maximum absolute atomic E-state index is 13.6. The molecule has 0 aliphatic carbocycles. The minimum Gasteiger partial charge on any atom is -0.491 e. The number of pyridine rings is 1. The van der Waals surface area contributed by atoms with Crippen LogP contribution >= 0.6 is 11.6 Å². The summed E-state index contributed by atoms with van der Waals surface area (Å²) >= 11 is 5.81. The van der Waals surface area contributed by atoms with Crippen LogP contribution in [0.4, 0.5) is 8.78 Å². The van der Waals surface area contributed by atoms with Crippen LogP contribution in [-0.4, -0.2) is 16.5 Å². The molecule has 3 nitrogen and oxygen atoms in total. The number of hydrogen-bond donors (Lipinski definition) is 0. The molecule has 0 N–H and O–H groups in total. The van der Waals surface area contributed by atoms with Crippen molar-refractivity contribution in [3.8, 4) is 5.75 Å². The Morgan fingerprint density at radius 1 is 1.47 bits per heavy atom. The van der Waals surface area contributed by atoms with E-state index in [1.54, 1.807) is 6.92 Å². The molecule has 0 saturated carbocycles. The quantitative estimate of drug-likeness (QED) is 0.756. The number of fused-ring (bicyclic) bond motifs is 1. The standard InChI is InChI=1S/C9H7ClF2N2O/c1-4-8(10)14-3-5(11)7(15-2)6(12)9(14)13-4/h3H,1-2H3. The molecule has 2 aromatic heterocycles. The molecule has 2 heterocycles. The molecule has 0 aromatic carbocycles. The van der Waals surface area contributed by atoms with Crippen LogP contribution in [0, 0.1) is 18.6 Å². The van der Waals surface area contributed by atoms with E-state index in [0.29, 0.717) is 5.69 Å². The maximum atomic E-state index is 13.6. The van der Waals surface area contributed by atoms with E-state index in [0.717, 1.165) is 10.6 Å².